The highest BCUT2D eigenvalue weighted by atomic mass is 16.2. The van der Waals surface area contributed by atoms with Gasteiger partial charge in [-0.3, -0.25) is 18.7 Å². The molecule has 24 heavy (non-hydrogen) atoms. The Morgan fingerprint density at radius 2 is 1.71 bits per heavy atom. The molecule has 128 valence electrons. The van der Waals surface area contributed by atoms with E-state index in [1.807, 2.05) is 0 Å². The van der Waals surface area contributed by atoms with Gasteiger partial charge in [-0.1, -0.05) is 6.92 Å². The van der Waals surface area contributed by atoms with Crippen LogP contribution in [-0.2, 0) is 23.7 Å². The Bertz CT molecular complexity index is 857. The summed E-state index contributed by atoms with van der Waals surface area (Å²) in [6.45, 7) is 3.40. The number of aromatic nitrogens is 2. The van der Waals surface area contributed by atoms with Crippen LogP contribution in [-0.4, -0.2) is 38.9 Å². The van der Waals surface area contributed by atoms with Crippen LogP contribution in [0.4, 0.5) is 5.69 Å². The summed E-state index contributed by atoms with van der Waals surface area (Å²) in [5.74, 6) is -0.535. The predicted molar refractivity (Wildman–Crippen MR) is 91.8 cm³/mol. The molecule has 1 saturated heterocycles. The van der Waals surface area contributed by atoms with Crippen LogP contribution in [0.25, 0.3) is 11.0 Å². The van der Waals surface area contributed by atoms with Crippen molar-refractivity contribution in [2.45, 2.75) is 19.8 Å². The van der Waals surface area contributed by atoms with Crippen molar-refractivity contribution < 1.29 is 9.59 Å². The Morgan fingerprint density at radius 1 is 1.08 bits per heavy atom. The first kappa shape index (κ1) is 16.3. The van der Waals surface area contributed by atoms with Crippen LogP contribution in [0.2, 0.25) is 0 Å². The first-order valence-electron chi connectivity index (χ1n) is 8.14. The number of carbonyl (C=O) groups is 2. The third kappa shape index (κ3) is 2.81. The van der Waals surface area contributed by atoms with Crippen molar-refractivity contribution in [1.82, 2.24) is 14.0 Å². The lowest BCUT2D eigenvalue weighted by Crippen LogP contribution is -2.43. The molecule has 0 aliphatic carbocycles. The first-order chi connectivity index (χ1) is 11.4. The Hall–Kier alpha value is -2.57. The van der Waals surface area contributed by atoms with Gasteiger partial charge in [0.1, 0.15) is 0 Å². The number of nitrogens with zero attached hydrogens (tertiary/aromatic N) is 3. The summed E-state index contributed by atoms with van der Waals surface area (Å²) >= 11 is 0. The second-order valence-corrected chi connectivity index (χ2v) is 6.53. The molecule has 0 bridgehead atoms. The summed E-state index contributed by atoms with van der Waals surface area (Å²) in [4.78, 5) is 38.0. The summed E-state index contributed by atoms with van der Waals surface area (Å²) in [5.41, 5.74) is 1.86. The number of hydrogen-bond acceptors (Lipinski definition) is 3. The summed E-state index contributed by atoms with van der Waals surface area (Å²) < 4.78 is 3.06. The fourth-order valence-corrected chi connectivity index (χ4v) is 3.12. The minimum absolute atomic E-state index is 0.132. The molecule has 1 N–H and O–H groups in total. The largest absolute Gasteiger partial charge is 0.334 e. The van der Waals surface area contributed by atoms with Crippen molar-refractivity contribution in [2.75, 3.05) is 18.4 Å². The van der Waals surface area contributed by atoms with Gasteiger partial charge in [0.25, 0.3) is 0 Å². The van der Waals surface area contributed by atoms with E-state index in [1.54, 1.807) is 41.8 Å². The van der Waals surface area contributed by atoms with Gasteiger partial charge in [-0.2, -0.15) is 0 Å². The van der Waals surface area contributed by atoms with Gasteiger partial charge in [0.05, 0.1) is 11.0 Å². The molecule has 1 fully saturated rings. The number of likely N-dealkylation sites (tertiary alicyclic amines) is 1. The SMILES string of the molecule is CC1CCN(C(=O)C(=O)Nc2ccc3c(c2)n(C)c(=O)n3C)CC1. The van der Waals surface area contributed by atoms with Crippen molar-refractivity contribution in [1.29, 1.82) is 0 Å². The average molecular weight is 330 g/mol. The van der Waals surface area contributed by atoms with Crippen LogP contribution in [0, 0.1) is 5.92 Å². The van der Waals surface area contributed by atoms with Crippen LogP contribution in [0.3, 0.4) is 0 Å². The van der Waals surface area contributed by atoms with Crippen molar-refractivity contribution in [3.8, 4) is 0 Å². The van der Waals surface area contributed by atoms with E-state index in [4.69, 9.17) is 0 Å². The molecule has 0 atom stereocenters. The number of anilines is 1. The Kier molecular flexibility index (Phi) is 4.17. The topological polar surface area (TPSA) is 76.3 Å². The predicted octanol–water partition coefficient (Wildman–Crippen LogP) is 1.07. The van der Waals surface area contributed by atoms with Crippen molar-refractivity contribution in [3.05, 3.63) is 28.7 Å². The number of aryl methyl sites for hydroxylation is 2. The van der Waals surface area contributed by atoms with Crippen molar-refractivity contribution in [3.63, 3.8) is 0 Å². The van der Waals surface area contributed by atoms with E-state index < -0.39 is 11.8 Å². The zero-order valence-corrected chi connectivity index (χ0v) is 14.2. The monoisotopic (exact) mass is 330 g/mol. The number of nitrogens with one attached hydrogen (secondary N) is 1. The minimum atomic E-state index is -0.634. The molecule has 7 nitrogen and oxygen atoms in total. The van der Waals surface area contributed by atoms with Gasteiger partial charge >= 0.3 is 17.5 Å². The maximum absolute atomic E-state index is 12.3. The van der Waals surface area contributed by atoms with Gasteiger partial charge in [-0.25, -0.2) is 4.79 Å². The second-order valence-electron chi connectivity index (χ2n) is 6.53. The summed E-state index contributed by atoms with van der Waals surface area (Å²) in [7, 11) is 3.38. The molecule has 1 aliphatic heterocycles. The van der Waals surface area contributed by atoms with Crippen molar-refractivity contribution >= 4 is 28.5 Å². The molecule has 0 unspecified atom stereocenters. The number of carbonyl (C=O) groups excluding carboxylic acids is 2. The smallest absolute Gasteiger partial charge is 0.328 e. The third-order valence-electron chi connectivity index (χ3n) is 4.79. The number of rotatable bonds is 1. The molecular weight excluding hydrogens is 308 g/mol. The van der Waals surface area contributed by atoms with E-state index in [-0.39, 0.29) is 5.69 Å². The van der Waals surface area contributed by atoms with Gasteiger partial charge in [0.2, 0.25) is 0 Å². The molecule has 1 aromatic carbocycles. The average Bonchev–Trinajstić information content (AvgIpc) is 2.79. The lowest BCUT2D eigenvalue weighted by molar-refractivity contribution is -0.144. The Labute approximate surface area is 139 Å². The van der Waals surface area contributed by atoms with E-state index in [2.05, 4.69) is 12.2 Å². The molecule has 0 radical (unpaired) electrons. The first-order valence-corrected chi connectivity index (χ1v) is 8.14. The fraction of sp³-hybridized carbons (Fsp3) is 0.471. The van der Waals surface area contributed by atoms with E-state index >= 15 is 0 Å². The van der Waals surface area contributed by atoms with E-state index in [9.17, 15) is 14.4 Å². The Morgan fingerprint density at radius 3 is 2.38 bits per heavy atom. The minimum Gasteiger partial charge on any atom is -0.334 e. The molecule has 7 heteroatoms. The zero-order chi connectivity index (χ0) is 17.4. The number of amides is 2. The highest BCUT2D eigenvalue weighted by molar-refractivity contribution is 6.39. The van der Waals surface area contributed by atoms with Crippen LogP contribution in [0.5, 0.6) is 0 Å². The molecule has 1 aliphatic rings. The summed E-state index contributed by atoms with van der Waals surface area (Å²) in [5, 5.41) is 2.64. The van der Waals surface area contributed by atoms with E-state index in [0.717, 1.165) is 18.4 Å². The molecule has 1 aromatic heterocycles. The normalized spacial score (nSPS) is 15.7. The molecular formula is C17H22N4O3. The fourth-order valence-electron chi connectivity index (χ4n) is 3.12. The highest BCUT2D eigenvalue weighted by Gasteiger charge is 2.25. The van der Waals surface area contributed by atoms with E-state index in [0.29, 0.717) is 30.2 Å². The van der Waals surface area contributed by atoms with Crippen LogP contribution >= 0.6 is 0 Å². The molecule has 0 saturated carbocycles. The van der Waals surface area contributed by atoms with Gasteiger partial charge in [-0.05, 0) is 37.0 Å². The molecule has 3 rings (SSSR count). The van der Waals surface area contributed by atoms with Gasteiger partial charge in [0.15, 0.2) is 0 Å². The van der Waals surface area contributed by atoms with Crippen LogP contribution in [0.15, 0.2) is 23.0 Å². The van der Waals surface area contributed by atoms with Gasteiger partial charge in [0, 0.05) is 32.9 Å². The van der Waals surface area contributed by atoms with Crippen LogP contribution < -0.4 is 11.0 Å². The second kappa shape index (κ2) is 6.14. The summed E-state index contributed by atoms with van der Waals surface area (Å²) in [6.07, 6.45) is 1.86. The maximum Gasteiger partial charge on any atom is 0.328 e. The number of imidazole rings is 1. The van der Waals surface area contributed by atoms with Crippen LogP contribution in [0.1, 0.15) is 19.8 Å². The molecule has 0 spiro atoms. The van der Waals surface area contributed by atoms with Gasteiger partial charge in [-0.15, -0.1) is 0 Å². The number of hydrogen-bond donors (Lipinski definition) is 1. The maximum atomic E-state index is 12.3. The molecule has 2 amide bonds. The summed E-state index contributed by atoms with van der Waals surface area (Å²) in [6, 6.07) is 5.17. The highest BCUT2D eigenvalue weighted by Crippen LogP contribution is 2.19. The quantitative estimate of drug-likeness (QED) is 0.795. The van der Waals surface area contributed by atoms with E-state index in [1.165, 1.54) is 4.57 Å². The molecule has 2 aromatic rings. The Balaban J connectivity index is 1.77. The lowest BCUT2D eigenvalue weighted by Gasteiger charge is -2.29. The zero-order valence-electron chi connectivity index (χ0n) is 14.2. The standard InChI is InChI=1S/C17H22N4O3/c1-11-6-8-21(9-7-11)16(23)15(22)18-12-4-5-13-14(10-12)20(3)17(24)19(13)2/h4-5,10-11H,6-9H2,1-3H3,(H,18,22). The number of fused-ring (bicyclic) bond motifs is 1. The molecule has 2 heterocycles. The number of piperidine rings is 1. The van der Waals surface area contributed by atoms with Crippen molar-refractivity contribution in [2.24, 2.45) is 20.0 Å². The third-order valence-corrected chi connectivity index (χ3v) is 4.79. The number of benzene rings is 1. The van der Waals surface area contributed by atoms with Gasteiger partial charge < -0.3 is 10.2 Å². The lowest BCUT2D eigenvalue weighted by atomic mass is 9.99.